The number of thiol groups is 1. The van der Waals surface area contributed by atoms with Crippen LogP contribution < -0.4 is 0 Å². The molecule has 0 aromatic heterocycles. The van der Waals surface area contributed by atoms with Gasteiger partial charge >= 0.3 is 5.97 Å². The Morgan fingerprint density at radius 1 is 1.67 bits per heavy atom. The Bertz CT molecular complexity index is 124. The third kappa shape index (κ3) is 1.61. The van der Waals surface area contributed by atoms with E-state index in [1.807, 2.05) is 0 Å². The van der Waals surface area contributed by atoms with Crippen molar-refractivity contribution < 1.29 is 9.90 Å². The third-order valence-electron chi connectivity index (χ3n) is 1.81. The van der Waals surface area contributed by atoms with Crippen LogP contribution in [0.25, 0.3) is 0 Å². The van der Waals surface area contributed by atoms with Gasteiger partial charge in [-0.25, -0.2) is 0 Å². The second-order valence-electron chi connectivity index (χ2n) is 2.50. The Labute approximate surface area is 59.7 Å². The zero-order valence-electron chi connectivity index (χ0n) is 5.08. The quantitative estimate of drug-likeness (QED) is 0.574. The lowest BCUT2D eigenvalue weighted by Crippen LogP contribution is -2.28. The van der Waals surface area contributed by atoms with Crippen molar-refractivity contribution in [2.75, 3.05) is 0 Å². The van der Waals surface area contributed by atoms with E-state index in [0.29, 0.717) is 17.6 Å². The molecule has 1 aliphatic carbocycles. The van der Waals surface area contributed by atoms with Gasteiger partial charge in [0.05, 0.1) is 0 Å². The van der Waals surface area contributed by atoms with E-state index in [-0.39, 0.29) is 0 Å². The lowest BCUT2D eigenvalue weighted by Gasteiger charge is -2.31. The summed E-state index contributed by atoms with van der Waals surface area (Å²) in [4.78, 5) is 10.1. The van der Waals surface area contributed by atoms with Crippen LogP contribution in [0.4, 0.5) is 0 Å². The molecule has 0 radical (unpaired) electrons. The van der Waals surface area contributed by atoms with Gasteiger partial charge in [0.25, 0.3) is 0 Å². The fourth-order valence-electron chi connectivity index (χ4n) is 1.01. The van der Waals surface area contributed by atoms with Gasteiger partial charge < -0.3 is 5.11 Å². The van der Waals surface area contributed by atoms with Crippen molar-refractivity contribution in [2.24, 2.45) is 5.92 Å². The average molecular weight is 146 g/mol. The molecule has 0 amide bonds. The van der Waals surface area contributed by atoms with Gasteiger partial charge in [-0.1, -0.05) is 0 Å². The first kappa shape index (κ1) is 6.93. The molecule has 0 aromatic rings. The van der Waals surface area contributed by atoms with Crippen molar-refractivity contribution in [3.05, 3.63) is 0 Å². The first-order chi connectivity index (χ1) is 4.20. The zero-order chi connectivity index (χ0) is 6.85. The van der Waals surface area contributed by atoms with Crippen LogP contribution in [0.3, 0.4) is 0 Å². The smallest absolute Gasteiger partial charge is 0.303 e. The van der Waals surface area contributed by atoms with Gasteiger partial charge in [0.1, 0.15) is 0 Å². The van der Waals surface area contributed by atoms with Crippen molar-refractivity contribution in [3.8, 4) is 0 Å². The van der Waals surface area contributed by atoms with Crippen LogP contribution in [-0.4, -0.2) is 16.3 Å². The van der Waals surface area contributed by atoms with Crippen LogP contribution in [0.1, 0.15) is 19.3 Å². The summed E-state index contributed by atoms with van der Waals surface area (Å²) in [6.07, 6.45) is 2.43. The molecular weight excluding hydrogens is 136 g/mol. The van der Waals surface area contributed by atoms with Gasteiger partial charge in [-0.15, -0.1) is 0 Å². The first-order valence-electron chi connectivity index (χ1n) is 3.10. The summed E-state index contributed by atoms with van der Waals surface area (Å²) in [5.74, 6) is -0.357. The molecule has 0 bridgehead atoms. The lowest BCUT2D eigenvalue weighted by molar-refractivity contribution is -0.138. The largest absolute Gasteiger partial charge is 0.481 e. The van der Waals surface area contributed by atoms with Crippen molar-refractivity contribution in [2.45, 2.75) is 24.5 Å². The van der Waals surface area contributed by atoms with E-state index < -0.39 is 5.97 Å². The maximum absolute atomic E-state index is 10.1. The second-order valence-corrected chi connectivity index (χ2v) is 3.17. The van der Waals surface area contributed by atoms with Crippen molar-refractivity contribution >= 4 is 18.6 Å². The second kappa shape index (κ2) is 2.60. The highest BCUT2D eigenvalue weighted by Crippen LogP contribution is 2.34. The van der Waals surface area contributed by atoms with Crippen LogP contribution in [0.15, 0.2) is 0 Å². The number of aliphatic carboxylic acids is 1. The molecule has 0 aromatic carbocycles. The Hall–Kier alpha value is -0.180. The highest BCUT2D eigenvalue weighted by molar-refractivity contribution is 7.81. The maximum atomic E-state index is 10.1. The fourth-order valence-corrected chi connectivity index (χ4v) is 1.42. The molecule has 2 unspecified atom stereocenters. The number of carboxylic acid groups (broad SMARTS) is 1. The molecule has 1 fully saturated rings. The average Bonchev–Trinajstić information content (AvgIpc) is 1.79. The molecule has 0 aliphatic heterocycles. The van der Waals surface area contributed by atoms with Crippen molar-refractivity contribution in [3.63, 3.8) is 0 Å². The van der Waals surface area contributed by atoms with E-state index in [2.05, 4.69) is 12.6 Å². The molecule has 1 aliphatic rings. The maximum Gasteiger partial charge on any atom is 0.303 e. The molecule has 0 saturated heterocycles. The molecule has 1 saturated carbocycles. The molecule has 52 valence electrons. The fraction of sp³-hybridized carbons (Fsp3) is 0.833. The van der Waals surface area contributed by atoms with E-state index in [4.69, 9.17) is 5.11 Å². The minimum absolute atomic E-state index is 0.300. The van der Waals surface area contributed by atoms with Crippen molar-refractivity contribution in [1.82, 2.24) is 0 Å². The summed E-state index contributed by atoms with van der Waals surface area (Å²) < 4.78 is 0. The topological polar surface area (TPSA) is 37.3 Å². The molecule has 2 atom stereocenters. The Kier molecular flexibility index (Phi) is 2.01. The van der Waals surface area contributed by atoms with Crippen LogP contribution in [0.2, 0.25) is 0 Å². The van der Waals surface area contributed by atoms with E-state index in [0.717, 1.165) is 12.8 Å². The van der Waals surface area contributed by atoms with Gasteiger partial charge in [0.2, 0.25) is 0 Å². The summed E-state index contributed by atoms with van der Waals surface area (Å²) in [7, 11) is 0. The van der Waals surface area contributed by atoms with Gasteiger partial charge in [-0.05, 0) is 18.8 Å². The predicted molar refractivity (Wildman–Crippen MR) is 37.8 cm³/mol. The molecule has 2 nitrogen and oxygen atoms in total. The predicted octanol–water partition coefficient (Wildman–Crippen LogP) is 1.17. The van der Waals surface area contributed by atoms with Crippen LogP contribution >= 0.6 is 12.6 Å². The van der Waals surface area contributed by atoms with E-state index in [1.54, 1.807) is 0 Å². The van der Waals surface area contributed by atoms with E-state index >= 15 is 0 Å². The number of hydrogen-bond acceptors (Lipinski definition) is 2. The Morgan fingerprint density at radius 3 is 2.44 bits per heavy atom. The van der Waals surface area contributed by atoms with Gasteiger partial charge in [0, 0.05) is 11.7 Å². The number of rotatable bonds is 2. The van der Waals surface area contributed by atoms with Gasteiger partial charge in [-0.2, -0.15) is 12.6 Å². The minimum Gasteiger partial charge on any atom is -0.481 e. The van der Waals surface area contributed by atoms with Crippen molar-refractivity contribution in [1.29, 1.82) is 0 Å². The molecule has 9 heavy (non-hydrogen) atoms. The monoisotopic (exact) mass is 146 g/mol. The highest BCUT2D eigenvalue weighted by Gasteiger charge is 2.29. The third-order valence-corrected chi connectivity index (χ3v) is 2.49. The highest BCUT2D eigenvalue weighted by atomic mass is 32.1. The lowest BCUT2D eigenvalue weighted by atomic mass is 9.82. The number of carbonyl (C=O) groups is 1. The van der Waals surface area contributed by atoms with Gasteiger partial charge in [-0.3, -0.25) is 4.79 Å². The SMILES string of the molecule is O=C(O)CC1CCC1S. The summed E-state index contributed by atoms with van der Waals surface area (Å²) in [6, 6.07) is 0. The van der Waals surface area contributed by atoms with Crippen LogP contribution in [0, 0.1) is 5.92 Å². The molecule has 3 heteroatoms. The van der Waals surface area contributed by atoms with Crippen LogP contribution in [0.5, 0.6) is 0 Å². The Balaban J connectivity index is 2.21. The summed E-state index contributed by atoms with van der Waals surface area (Å²) in [6.45, 7) is 0. The minimum atomic E-state index is -0.696. The molecular formula is C6H10O2S. The van der Waals surface area contributed by atoms with E-state index in [9.17, 15) is 4.79 Å². The van der Waals surface area contributed by atoms with Gasteiger partial charge in [0.15, 0.2) is 0 Å². The molecule has 0 heterocycles. The summed E-state index contributed by atoms with van der Waals surface area (Å²) in [5.41, 5.74) is 0. The normalized spacial score (nSPS) is 33.4. The number of carboxylic acids is 1. The number of hydrogen-bond donors (Lipinski definition) is 2. The first-order valence-corrected chi connectivity index (χ1v) is 3.61. The zero-order valence-corrected chi connectivity index (χ0v) is 5.97. The van der Waals surface area contributed by atoms with E-state index in [1.165, 1.54) is 0 Å². The van der Waals surface area contributed by atoms with Crippen LogP contribution in [-0.2, 0) is 4.79 Å². The Morgan fingerprint density at radius 2 is 2.33 bits per heavy atom. The molecule has 0 spiro atoms. The summed E-state index contributed by atoms with van der Waals surface area (Å²) in [5, 5.41) is 8.68. The molecule has 1 N–H and O–H groups in total. The molecule has 1 rings (SSSR count). The summed E-state index contributed by atoms with van der Waals surface area (Å²) >= 11 is 4.19. The standard InChI is InChI=1S/C6H10O2S/c7-6(8)3-4-1-2-5(4)9/h4-5,9H,1-3H2,(H,7,8).